The molecule has 11 heteroatoms. The summed E-state index contributed by atoms with van der Waals surface area (Å²) in [6, 6.07) is 10.2. The Balaban J connectivity index is 1.69. The molecule has 7 nitrogen and oxygen atoms in total. The summed E-state index contributed by atoms with van der Waals surface area (Å²) in [5.74, 6) is 0.366. The van der Waals surface area contributed by atoms with E-state index in [0.717, 1.165) is 27.6 Å². The molecule has 0 atom stereocenters. The van der Waals surface area contributed by atoms with Crippen LogP contribution in [0.4, 0.5) is 5.69 Å². The minimum atomic E-state index is -3.81. The van der Waals surface area contributed by atoms with Crippen LogP contribution in [0.25, 0.3) is 5.69 Å². The van der Waals surface area contributed by atoms with Crippen LogP contribution in [0.3, 0.4) is 0 Å². The molecule has 0 radical (unpaired) electrons. The summed E-state index contributed by atoms with van der Waals surface area (Å²) in [5, 5.41) is 3.09. The Bertz CT molecular complexity index is 1210. The van der Waals surface area contributed by atoms with E-state index in [2.05, 4.69) is 10.3 Å². The zero-order valence-electron chi connectivity index (χ0n) is 16.6. The summed E-state index contributed by atoms with van der Waals surface area (Å²) in [5.41, 5.74) is 1.88. The molecule has 0 fully saturated rings. The molecule has 1 amide bonds. The second kappa shape index (κ2) is 9.48. The van der Waals surface area contributed by atoms with E-state index in [9.17, 15) is 13.2 Å². The lowest BCUT2D eigenvalue weighted by atomic mass is 10.2. The quantitative estimate of drug-likeness (QED) is 0.491. The van der Waals surface area contributed by atoms with E-state index >= 15 is 0 Å². The van der Waals surface area contributed by atoms with Crippen LogP contribution in [0, 0.1) is 6.92 Å². The average Bonchev–Trinajstić information content (AvgIpc) is 3.13. The van der Waals surface area contributed by atoms with Gasteiger partial charge in [-0.2, -0.15) is 0 Å². The first kappa shape index (κ1) is 23.4. The number of hydrogen-bond donors (Lipinski definition) is 1. The Hall–Kier alpha value is -2.26. The summed E-state index contributed by atoms with van der Waals surface area (Å²) in [6.07, 6.45) is 4.56. The van der Waals surface area contributed by atoms with Crippen LogP contribution in [-0.2, 0) is 21.4 Å². The molecule has 0 aliphatic heterocycles. The van der Waals surface area contributed by atoms with Gasteiger partial charge in [-0.15, -0.1) is 0 Å². The predicted octanol–water partition coefficient (Wildman–Crippen LogP) is 4.22. The molecule has 0 bridgehead atoms. The van der Waals surface area contributed by atoms with Crippen molar-refractivity contribution in [3.05, 3.63) is 75.2 Å². The number of benzene rings is 2. The normalized spacial score (nSPS) is 11.4. The number of carbonyl (C=O) groups is 1. The summed E-state index contributed by atoms with van der Waals surface area (Å²) in [6.45, 7) is 1.68. The Morgan fingerprint density at radius 2 is 1.74 bits per heavy atom. The maximum Gasteiger partial charge on any atom is 0.241 e. The highest BCUT2D eigenvalue weighted by Gasteiger charge is 2.24. The highest BCUT2D eigenvalue weighted by atomic mass is 35.5. The molecule has 31 heavy (non-hydrogen) atoms. The molecule has 0 saturated carbocycles. The van der Waals surface area contributed by atoms with Crippen molar-refractivity contribution in [2.24, 2.45) is 0 Å². The first-order valence-electron chi connectivity index (χ1n) is 9.04. The molecule has 0 saturated heterocycles. The van der Waals surface area contributed by atoms with Crippen molar-refractivity contribution in [1.29, 1.82) is 0 Å². The zero-order valence-corrected chi connectivity index (χ0v) is 19.7. The van der Waals surface area contributed by atoms with E-state index in [1.807, 2.05) is 42.0 Å². The van der Waals surface area contributed by atoms with Crippen LogP contribution in [0.5, 0.6) is 0 Å². The Morgan fingerprint density at radius 1 is 1.10 bits per heavy atom. The number of imidazole rings is 1. The fourth-order valence-electron chi connectivity index (χ4n) is 2.90. The average molecular weight is 502 g/mol. The largest absolute Gasteiger partial charge is 0.350 e. The van der Waals surface area contributed by atoms with Crippen molar-refractivity contribution in [1.82, 2.24) is 14.9 Å². The molecular formula is C20H19Cl3N4O3S. The second-order valence-electron chi connectivity index (χ2n) is 6.77. The maximum absolute atomic E-state index is 12.5. The van der Waals surface area contributed by atoms with Gasteiger partial charge >= 0.3 is 0 Å². The Labute approximate surface area is 195 Å². The van der Waals surface area contributed by atoms with E-state index in [-0.39, 0.29) is 27.3 Å². The van der Waals surface area contributed by atoms with Gasteiger partial charge in [-0.1, -0.05) is 46.9 Å². The molecule has 2 aromatic carbocycles. The van der Waals surface area contributed by atoms with Crippen LogP contribution < -0.4 is 9.62 Å². The van der Waals surface area contributed by atoms with Crippen molar-refractivity contribution < 1.29 is 13.2 Å². The first-order valence-corrected chi connectivity index (χ1v) is 12.0. The Kier molecular flexibility index (Phi) is 7.16. The number of halogens is 3. The van der Waals surface area contributed by atoms with Gasteiger partial charge in [0.05, 0.1) is 27.0 Å². The zero-order chi connectivity index (χ0) is 22.8. The van der Waals surface area contributed by atoms with Gasteiger partial charge in [-0.3, -0.25) is 9.10 Å². The van der Waals surface area contributed by atoms with Crippen molar-refractivity contribution in [2.45, 2.75) is 13.5 Å². The first-order chi connectivity index (χ1) is 14.6. The molecule has 1 heterocycles. The lowest BCUT2D eigenvalue weighted by molar-refractivity contribution is -0.119. The van der Waals surface area contributed by atoms with Gasteiger partial charge in [0, 0.05) is 24.6 Å². The number of nitrogens with zero attached hydrogens (tertiary/aromatic N) is 3. The van der Waals surface area contributed by atoms with Crippen LogP contribution in [0.2, 0.25) is 15.1 Å². The fraction of sp³-hybridized carbons (Fsp3) is 0.200. The van der Waals surface area contributed by atoms with E-state index in [1.165, 1.54) is 12.1 Å². The minimum Gasteiger partial charge on any atom is -0.350 e. The maximum atomic E-state index is 12.5. The van der Waals surface area contributed by atoms with E-state index in [1.54, 1.807) is 6.20 Å². The number of nitrogens with one attached hydrogen (secondary N) is 1. The van der Waals surface area contributed by atoms with Gasteiger partial charge in [0.15, 0.2) is 0 Å². The number of rotatable bonds is 7. The van der Waals surface area contributed by atoms with Crippen molar-refractivity contribution in [2.75, 3.05) is 17.1 Å². The molecule has 0 unspecified atom stereocenters. The molecule has 0 spiro atoms. The van der Waals surface area contributed by atoms with Gasteiger partial charge in [0.2, 0.25) is 15.9 Å². The number of carbonyl (C=O) groups excluding carboxylic acids is 1. The van der Waals surface area contributed by atoms with E-state index < -0.39 is 22.5 Å². The van der Waals surface area contributed by atoms with E-state index in [0.29, 0.717) is 0 Å². The molecule has 3 aromatic rings. The molecule has 1 N–H and O–H groups in total. The summed E-state index contributed by atoms with van der Waals surface area (Å²) < 4.78 is 27.4. The highest BCUT2D eigenvalue weighted by molar-refractivity contribution is 7.92. The smallest absolute Gasteiger partial charge is 0.241 e. The van der Waals surface area contributed by atoms with Gasteiger partial charge in [-0.05, 0) is 36.8 Å². The minimum absolute atomic E-state index is 0.0676. The van der Waals surface area contributed by atoms with Crippen molar-refractivity contribution in [3.63, 3.8) is 0 Å². The van der Waals surface area contributed by atoms with Gasteiger partial charge in [-0.25, -0.2) is 13.4 Å². The number of aryl methyl sites for hydroxylation is 1. The highest BCUT2D eigenvalue weighted by Crippen LogP contribution is 2.35. The van der Waals surface area contributed by atoms with Crippen LogP contribution in [-0.4, -0.2) is 36.7 Å². The second-order valence-corrected chi connectivity index (χ2v) is 9.90. The standard InChI is InChI=1S/C20H19Cl3N4O3S/c1-13-24-7-8-26(13)15-5-3-14(4-6-15)11-25-20(28)12-27(31(2,29)30)19-10-17(22)16(21)9-18(19)23/h3-10H,11-12H2,1-2H3,(H,25,28). The van der Waals surface area contributed by atoms with Gasteiger partial charge < -0.3 is 9.88 Å². The molecular weight excluding hydrogens is 483 g/mol. The lowest BCUT2D eigenvalue weighted by Gasteiger charge is -2.23. The molecule has 3 rings (SSSR count). The van der Waals surface area contributed by atoms with Crippen molar-refractivity contribution in [3.8, 4) is 5.69 Å². The third kappa shape index (κ3) is 5.71. The lowest BCUT2D eigenvalue weighted by Crippen LogP contribution is -2.40. The third-order valence-corrected chi connectivity index (χ3v) is 6.63. The third-order valence-electron chi connectivity index (χ3n) is 4.48. The van der Waals surface area contributed by atoms with Gasteiger partial charge in [0.1, 0.15) is 12.4 Å². The van der Waals surface area contributed by atoms with Crippen LogP contribution in [0.1, 0.15) is 11.4 Å². The molecule has 1 aromatic heterocycles. The predicted molar refractivity (Wildman–Crippen MR) is 124 cm³/mol. The number of sulfonamides is 1. The summed E-state index contributed by atoms with van der Waals surface area (Å²) in [7, 11) is -3.81. The SMILES string of the molecule is Cc1nccn1-c1ccc(CNC(=O)CN(c2cc(Cl)c(Cl)cc2Cl)S(C)(=O)=O)cc1. The fourth-order valence-corrected chi connectivity index (χ4v) is 4.45. The number of anilines is 1. The molecule has 164 valence electrons. The number of aromatic nitrogens is 2. The Morgan fingerprint density at radius 3 is 2.32 bits per heavy atom. The summed E-state index contributed by atoms with van der Waals surface area (Å²) >= 11 is 18.1. The van der Waals surface area contributed by atoms with Crippen LogP contribution in [0.15, 0.2) is 48.8 Å². The van der Waals surface area contributed by atoms with Crippen LogP contribution >= 0.6 is 34.8 Å². The number of hydrogen-bond acceptors (Lipinski definition) is 4. The van der Waals surface area contributed by atoms with E-state index in [4.69, 9.17) is 34.8 Å². The monoisotopic (exact) mass is 500 g/mol. The number of amides is 1. The summed E-state index contributed by atoms with van der Waals surface area (Å²) in [4.78, 5) is 16.7. The topological polar surface area (TPSA) is 84.3 Å². The van der Waals surface area contributed by atoms with Crippen molar-refractivity contribution >= 4 is 56.4 Å². The molecule has 0 aliphatic rings. The molecule has 0 aliphatic carbocycles. The van der Waals surface area contributed by atoms with Gasteiger partial charge in [0.25, 0.3) is 0 Å².